The number of aromatic nitrogens is 2. The van der Waals surface area contributed by atoms with Crippen LogP contribution in [0.4, 0.5) is 5.82 Å². The number of nitrogens with zero attached hydrogens (tertiary/aromatic N) is 4. The third-order valence-electron chi connectivity index (χ3n) is 6.45. The molecule has 1 atom stereocenters. The largest absolute Gasteiger partial charge is 0.491 e. The van der Waals surface area contributed by atoms with Crippen molar-refractivity contribution in [1.29, 1.82) is 10.5 Å². The number of rotatable bonds is 9. The average Bonchev–Trinajstić information content (AvgIpc) is 3.38. The molecule has 0 fully saturated rings. The lowest BCUT2D eigenvalue weighted by Crippen LogP contribution is -2.21. The quantitative estimate of drug-likeness (QED) is 0.203. The van der Waals surface area contributed by atoms with E-state index in [0.29, 0.717) is 45.0 Å². The van der Waals surface area contributed by atoms with Crippen LogP contribution >= 0.6 is 11.8 Å². The number of aliphatic hydroxyl groups excluding tert-OH is 2. The van der Waals surface area contributed by atoms with Crippen LogP contribution in [0.5, 0.6) is 5.75 Å². The molecule has 2 heterocycles. The molecule has 4 N–H and O–H groups in total. The third-order valence-corrected chi connectivity index (χ3v) is 7.43. The van der Waals surface area contributed by atoms with Gasteiger partial charge in [0.25, 0.3) is 0 Å². The van der Waals surface area contributed by atoms with Gasteiger partial charge in [-0.25, -0.2) is 9.97 Å². The Labute approximate surface area is 240 Å². The molecular formula is C31H25N5O4S. The summed E-state index contributed by atoms with van der Waals surface area (Å²) in [6.07, 6.45) is -0.998. The molecule has 0 bridgehead atoms. The molecule has 5 rings (SSSR count). The molecule has 0 aliphatic carbocycles. The maximum Gasteiger partial charge on any atom is 0.226 e. The number of nitrogens with two attached hydrogens (primary N) is 1. The van der Waals surface area contributed by atoms with Crippen molar-refractivity contribution >= 4 is 28.4 Å². The van der Waals surface area contributed by atoms with Crippen molar-refractivity contribution in [2.24, 2.45) is 0 Å². The number of thioether (sulfide) groups is 1. The van der Waals surface area contributed by atoms with E-state index in [2.05, 4.69) is 17.1 Å². The van der Waals surface area contributed by atoms with Gasteiger partial charge in [-0.05, 0) is 47.5 Å². The minimum atomic E-state index is -0.998. The van der Waals surface area contributed by atoms with E-state index in [1.807, 2.05) is 49.4 Å². The number of anilines is 1. The molecule has 41 heavy (non-hydrogen) atoms. The van der Waals surface area contributed by atoms with Gasteiger partial charge in [0.05, 0.1) is 17.9 Å². The molecule has 9 nitrogen and oxygen atoms in total. The van der Waals surface area contributed by atoms with Gasteiger partial charge in [0.1, 0.15) is 52.8 Å². The van der Waals surface area contributed by atoms with Gasteiger partial charge in [0, 0.05) is 16.9 Å². The van der Waals surface area contributed by atoms with Gasteiger partial charge in [-0.15, -0.1) is 0 Å². The van der Waals surface area contributed by atoms with Gasteiger partial charge in [-0.1, -0.05) is 54.2 Å². The Hall–Kier alpha value is -4.87. The number of nitriles is 2. The first-order valence-corrected chi connectivity index (χ1v) is 13.6. The smallest absolute Gasteiger partial charge is 0.226 e. The number of aryl methyl sites for hydroxylation is 1. The molecule has 10 heteroatoms. The van der Waals surface area contributed by atoms with Gasteiger partial charge in [-0.3, -0.25) is 0 Å². The van der Waals surface area contributed by atoms with Crippen molar-refractivity contribution in [2.45, 2.75) is 23.8 Å². The summed E-state index contributed by atoms with van der Waals surface area (Å²) in [4.78, 5) is 9.09. The van der Waals surface area contributed by atoms with Crippen LogP contribution in [0.15, 0.2) is 76.2 Å². The Morgan fingerprint density at radius 2 is 1.68 bits per heavy atom. The number of ether oxygens (including phenoxy) is 1. The fourth-order valence-electron chi connectivity index (χ4n) is 4.30. The van der Waals surface area contributed by atoms with Crippen molar-refractivity contribution in [1.82, 2.24) is 9.97 Å². The van der Waals surface area contributed by atoms with Gasteiger partial charge in [0.15, 0.2) is 0 Å². The van der Waals surface area contributed by atoms with Crippen molar-refractivity contribution in [3.8, 4) is 40.5 Å². The molecular weight excluding hydrogens is 538 g/mol. The zero-order chi connectivity index (χ0) is 28.9. The summed E-state index contributed by atoms with van der Waals surface area (Å²) in [5.74, 6) is 2.01. The van der Waals surface area contributed by atoms with E-state index in [1.54, 1.807) is 24.3 Å². The molecule has 0 spiro atoms. The van der Waals surface area contributed by atoms with Crippen LogP contribution < -0.4 is 10.5 Å². The molecule has 0 radical (unpaired) electrons. The van der Waals surface area contributed by atoms with Crippen LogP contribution in [-0.2, 0) is 5.75 Å². The molecule has 0 amide bonds. The lowest BCUT2D eigenvalue weighted by atomic mass is 9.97. The highest BCUT2D eigenvalue weighted by Crippen LogP contribution is 2.38. The zero-order valence-electron chi connectivity index (χ0n) is 22.0. The van der Waals surface area contributed by atoms with Crippen LogP contribution in [0.1, 0.15) is 22.6 Å². The second-order valence-electron chi connectivity index (χ2n) is 9.20. The predicted octanol–water partition coefficient (Wildman–Crippen LogP) is 5.22. The van der Waals surface area contributed by atoms with E-state index in [1.165, 1.54) is 11.8 Å². The molecule has 0 saturated carbocycles. The van der Waals surface area contributed by atoms with Gasteiger partial charge in [0.2, 0.25) is 5.89 Å². The molecule has 5 aromatic rings. The number of nitrogen functional groups attached to an aromatic ring is 1. The van der Waals surface area contributed by atoms with Crippen molar-refractivity contribution in [3.63, 3.8) is 0 Å². The lowest BCUT2D eigenvalue weighted by molar-refractivity contribution is 0.0536. The minimum Gasteiger partial charge on any atom is -0.491 e. The second-order valence-corrected chi connectivity index (χ2v) is 10.2. The van der Waals surface area contributed by atoms with E-state index in [4.69, 9.17) is 25.0 Å². The number of benzene rings is 3. The van der Waals surface area contributed by atoms with Crippen LogP contribution in [0.3, 0.4) is 0 Å². The second kappa shape index (κ2) is 12.1. The normalized spacial score (nSPS) is 11.6. The summed E-state index contributed by atoms with van der Waals surface area (Å²) in [5, 5.41) is 41.0. The highest BCUT2D eigenvalue weighted by molar-refractivity contribution is 7.98. The highest BCUT2D eigenvalue weighted by Gasteiger charge is 2.22. The Balaban J connectivity index is 1.42. The number of fused-ring (bicyclic) bond motifs is 1. The molecule has 3 aromatic carbocycles. The third kappa shape index (κ3) is 5.86. The number of hydrogen-bond donors (Lipinski definition) is 3. The fourth-order valence-corrected chi connectivity index (χ4v) is 5.29. The first-order valence-electron chi connectivity index (χ1n) is 12.7. The summed E-state index contributed by atoms with van der Waals surface area (Å²) in [6, 6.07) is 25.1. The van der Waals surface area contributed by atoms with Gasteiger partial charge in [-0.2, -0.15) is 10.5 Å². The van der Waals surface area contributed by atoms with Crippen molar-refractivity contribution in [2.75, 3.05) is 18.9 Å². The number of hydrogen-bond acceptors (Lipinski definition) is 10. The Bertz CT molecular complexity index is 1810. The maximum atomic E-state index is 10.1. The summed E-state index contributed by atoms with van der Waals surface area (Å²) in [5.41, 5.74) is 9.03. The van der Waals surface area contributed by atoms with Crippen LogP contribution in [0.2, 0.25) is 0 Å². The Kier molecular flexibility index (Phi) is 8.18. The zero-order valence-corrected chi connectivity index (χ0v) is 22.9. The number of aliphatic hydroxyl groups is 2. The monoisotopic (exact) mass is 563 g/mol. The van der Waals surface area contributed by atoms with E-state index < -0.39 is 12.7 Å². The molecule has 0 aliphatic rings. The average molecular weight is 564 g/mol. The lowest BCUT2D eigenvalue weighted by Gasteiger charge is -2.14. The molecule has 204 valence electrons. The van der Waals surface area contributed by atoms with Crippen LogP contribution in [0, 0.1) is 29.6 Å². The Morgan fingerprint density at radius 1 is 0.976 bits per heavy atom. The van der Waals surface area contributed by atoms with Crippen LogP contribution in [-0.4, -0.2) is 39.5 Å². The highest BCUT2D eigenvalue weighted by atomic mass is 32.2. The molecule has 0 aliphatic heterocycles. The first-order chi connectivity index (χ1) is 19.9. The summed E-state index contributed by atoms with van der Waals surface area (Å²) >= 11 is 1.29. The molecule has 2 aromatic heterocycles. The topological polar surface area (TPSA) is 162 Å². The number of oxazole rings is 1. The van der Waals surface area contributed by atoms with Gasteiger partial charge >= 0.3 is 0 Å². The fraction of sp³-hybridized carbons (Fsp3) is 0.161. The summed E-state index contributed by atoms with van der Waals surface area (Å²) in [6.45, 7) is 1.36. The maximum absolute atomic E-state index is 10.1. The van der Waals surface area contributed by atoms with Crippen LogP contribution in [0.25, 0.3) is 33.4 Å². The van der Waals surface area contributed by atoms with E-state index >= 15 is 0 Å². The van der Waals surface area contributed by atoms with E-state index in [-0.39, 0.29) is 23.6 Å². The predicted molar refractivity (Wildman–Crippen MR) is 156 cm³/mol. The van der Waals surface area contributed by atoms with Crippen molar-refractivity contribution in [3.05, 3.63) is 89.3 Å². The molecule has 0 saturated heterocycles. The summed E-state index contributed by atoms with van der Waals surface area (Å²) in [7, 11) is 0. The standard InChI is InChI=1S/C31H25N5O4S/c1-18-27(35-30(40-18)22-7-6-19-4-2-3-5-21(19)12-22)17-41-31-26(14-33)28(25(13-32)29(34)36-31)20-8-10-24(11-9-20)39-16-23(38)15-37/h2-12,23,37-38H,15-17H2,1H3,(H2,34,36)/t23-/m1/s1. The first kappa shape index (κ1) is 27.7. The van der Waals surface area contributed by atoms with E-state index in [0.717, 1.165) is 16.3 Å². The van der Waals surface area contributed by atoms with Crippen molar-refractivity contribution < 1.29 is 19.4 Å². The van der Waals surface area contributed by atoms with Gasteiger partial charge < -0.3 is 25.1 Å². The van der Waals surface area contributed by atoms with E-state index in [9.17, 15) is 15.6 Å². The number of pyridine rings is 1. The minimum absolute atomic E-state index is 0.0177. The Morgan fingerprint density at radius 3 is 2.39 bits per heavy atom. The molecule has 0 unspecified atom stereocenters. The SMILES string of the molecule is Cc1oc(-c2ccc3ccccc3c2)nc1CSc1nc(N)c(C#N)c(-c2ccc(OC[C@H](O)CO)cc2)c1C#N. The summed E-state index contributed by atoms with van der Waals surface area (Å²) < 4.78 is 11.4.